The van der Waals surface area contributed by atoms with Gasteiger partial charge in [0.15, 0.2) is 5.78 Å². The largest absolute Gasteiger partial charge is 0.299 e. The summed E-state index contributed by atoms with van der Waals surface area (Å²) in [5.74, 6) is 0.196. The van der Waals surface area contributed by atoms with Gasteiger partial charge in [-0.05, 0) is 56.0 Å². The fraction of sp³-hybridized carbons (Fsp3) is 0.353. The van der Waals surface area contributed by atoms with Gasteiger partial charge in [0.2, 0.25) is 0 Å². The lowest BCUT2D eigenvalue weighted by Gasteiger charge is -2.15. The van der Waals surface area contributed by atoms with E-state index in [1.807, 2.05) is 32.2 Å². The lowest BCUT2D eigenvalue weighted by molar-refractivity contribution is 0.0947. The van der Waals surface area contributed by atoms with Gasteiger partial charge in [0.1, 0.15) is 0 Å². The minimum atomic E-state index is 0.196. The van der Waals surface area contributed by atoms with Crippen molar-refractivity contribution in [1.82, 2.24) is 4.90 Å². The Morgan fingerprint density at radius 2 is 2.00 bits per heavy atom. The van der Waals surface area contributed by atoms with Crippen molar-refractivity contribution in [1.29, 1.82) is 0 Å². The molecule has 2 rings (SSSR count). The first-order chi connectivity index (χ1) is 9.56. The summed E-state index contributed by atoms with van der Waals surface area (Å²) in [6, 6.07) is 10.2. The van der Waals surface area contributed by atoms with Crippen molar-refractivity contribution in [2.75, 3.05) is 20.1 Å². The van der Waals surface area contributed by atoms with Gasteiger partial charge in [0.25, 0.3) is 0 Å². The highest BCUT2D eigenvalue weighted by Crippen LogP contribution is 2.12. The monoisotopic (exact) mass is 287 g/mol. The summed E-state index contributed by atoms with van der Waals surface area (Å²) < 4.78 is 0. The number of ketones is 1. The zero-order valence-electron chi connectivity index (χ0n) is 12.3. The average molecular weight is 287 g/mol. The second kappa shape index (κ2) is 6.82. The van der Waals surface area contributed by atoms with Gasteiger partial charge in [-0.1, -0.05) is 18.2 Å². The third kappa shape index (κ3) is 4.02. The molecule has 2 aromatic rings. The van der Waals surface area contributed by atoms with Gasteiger partial charge in [0.05, 0.1) is 6.54 Å². The quantitative estimate of drug-likeness (QED) is 0.755. The lowest BCUT2D eigenvalue weighted by atomic mass is 10.0. The van der Waals surface area contributed by atoms with Gasteiger partial charge < -0.3 is 0 Å². The van der Waals surface area contributed by atoms with E-state index < -0.39 is 0 Å². The van der Waals surface area contributed by atoms with Gasteiger partial charge in [-0.2, -0.15) is 0 Å². The molecule has 0 atom stereocenters. The van der Waals surface area contributed by atoms with E-state index in [4.69, 9.17) is 0 Å². The van der Waals surface area contributed by atoms with Crippen LogP contribution in [-0.4, -0.2) is 30.8 Å². The summed E-state index contributed by atoms with van der Waals surface area (Å²) in [6.45, 7) is 5.51. The number of hydrogen-bond acceptors (Lipinski definition) is 3. The second-order valence-corrected chi connectivity index (χ2v) is 6.32. The minimum absolute atomic E-state index is 0.196. The van der Waals surface area contributed by atoms with Crippen molar-refractivity contribution >= 4 is 17.1 Å². The Morgan fingerprint density at radius 3 is 2.65 bits per heavy atom. The molecule has 0 aliphatic heterocycles. The SMILES string of the molecule is Cc1ccc(C(=O)CN(C)CCc2cccs2)cc1C. The summed E-state index contributed by atoms with van der Waals surface area (Å²) in [7, 11) is 2.01. The zero-order chi connectivity index (χ0) is 14.5. The Kier molecular flexibility index (Phi) is 5.10. The fourth-order valence-corrected chi connectivity index (χ4v) is 2.78. The first-order valence-electron chi connectivity index (χ1n) is 6.87. The van der Waals surface area contributed by atoms with Gasteiger partial charge in [-0.25, -0.2) is 0 Å². The summed E-state index contributed by atoms with van der Waals surface area (Å²) in [5, 5.41) is 2.09. The van der Waals surface area contributed by atoms with E-state index in [0.717, 1.165) is 18.5 Å². The summed E-state index contributed by atoms with van der Waals surface area (Å²) >= 11 is 1.77. The molecule has 0 unspecified atom stereocenters. The summed E-state index contributed by atoms with van der Waals surface area (Å²) in [5.41, 5.74) is 3.22. The van der Waals surface area contributed by atoms with Crippen molar-refractivity contribution in [3.05, 3.63) is 57.3 Å². The molecule has 1 aromatic heterocycles. The zero-order valence-corrected chi connectivity index (χ0v) is 13.2. The Hall–Kier alpha value is -1.45. The van der Waals surface area contributed by atoms with Crippen LogP contribution in [0.5, 0.6) is 0 Å². The highest BCUT2D eigenvalue weighted by atomic mass is 32.1. The molecule has 0 bridgehead atoms. The Bertz CT molecular complexity index is 575. The van der Waals surface area contributed by atoms with Crippen LogP contribution >= 0.6 is 11.3 Å². The Labute approximate surface area is 125 Å². The smallest absolute Gasteiger partial charge is 0.176 e. The third-order valence-electron chi connectivity index (χ3n) is 3.56. The molecular weight excluding hydrogens is 266 g/mol. The normalized spacial score (nSPS) is 11.0. The first-order valence-corrected chi connectivity index (χ1v) is 7.75. The van der Waals surface area contributed by atoms with Gasteiger partial charge in [-0.15, -0.1) is 11.3 Å². The van der Waals surface area contributed by atoms with E-state index in [0.29, 0.717) is 6.54 Å². The molecule has 0 saturated heterocycles. The average Bonchev–Trinajstić information content (AvgIpc) is 2.92. The lowest BCUT2D eigenvalue weighted by Crippen LogP contribution is -2.28. The third-order valence-corrected chi connectivity index (χ3v) is 4.50. The summed E-state index contributed by atoms with van der Waals surface area (Å²) in [4.78, 5) is 15.7. The number of rotatable bonds is 6. The van der Waals surface area contributed by atoms with E-state index in [1.165, 1.54) is 16.0 Å². The van der Waals surface area contributed by atoms with Crippen LogP contribution in [0.1, 0.15) is 26.4 Å². The van der Waals surface area contributed by atoms with Crippen molar-refractivity contribution in [2.24, 2.45) is 0 Å². The predicted octanol–water partition coefficient (Wildman–Crippen LogP) is 3.72. The van der Waals surface area contributed by atoms with Crippen LogP contribution in [0, 0.1) is 13.8 Å². The van der Waals surface area contributed by atoms with Crippen LogP contribution in [0.25, 0.3) is 0 Å². The van der Waals surface area contributed by atoms with Crippen LogP contribution in [0.4, 0.5) is 0 Å². The van der Waals surface area contributed by atoms with E-state index in [2.05, 4.69) is 29.3 Å². The standard InChI is InChI=1S/C17H21NOS/c1-13-6-7-15(11-14(13)2)17(19)12-18(3)9-8-16-5-4-10-20-16/h4-7,10-11H,8-9,12H2,1-3H3. The molecule has 3 heteroatoms. The van der Waals surface area contributed by atoms with E-state index in [1.54, 1.807) is 11.3 Å². The number of Topliss-reactive ketones (excluding diaryl/α,β-unsaturated/α-hetero) is 1. The maximum atomic E-state index is 12.2. The van der Waals surface area contributed by atoms with Crippen molar-refractivity contribution < 1.29 is 4.79 Å². The molecule has 0 N–H and O–H groups in total. The number of carbonyl (C=O) groups excluding carboxylic acids is 1. The number of hydrogen-bond donors (Lipinski definition) is 0. The highest BCUT2D eigenvalue weighted by molar-refractivity contribution is 7.09. The Balaban J connectivity index is 1.88. The number of benzene rings is 1. The van der Waals surface area contributed by atoms with Crippen LogP contribution in [0.2, 0.25) is 0 Å². The van der Waals surface area contributed by atoms with Crippen LogP contribution in [0.15, 0.2) is 35.7 Å². The fourth-order valence-electron chi connectivity index (χ4n) is 2.09. The topological polar surface area (TPSA) is 20.3 Å². The molecule has 1 aromatic carbocycles. The predicted molar refractivity (Wildman–Crippen MR) is 85.8 cm³/mol. The van der Waals surface area contributed by atoms with Crippen molar-refractivity contribution in [3.8, 4) is 0 Å². The molecule has 0 radical (unpaired) electrons. The molecular formula is C17H21NOS. The number of likely N-dealkylation sites (N-methyl/N-ethyl adjacent to an activating group) is 1. The molecule has 0 aliphatic rings. The first kappa shape index (κ1) is 14.9. The van der Waals surface area contributed by atoms with E-state index in [9.17, 15) is 4.79 Å². The minimum Gasteiger partial charge on any atom is -0.299 e. The van der Waals surface area contributed by atoms with Crippen LogP contribution in [0.3, 0.4) is 0 Å². The number of aryl methyl sites for hydroxylation is 2. The maximum absolute atomic E-state index is 12.2. The molecule has 0 fully saturated rings. The molecule has 20 heavy (non-hydrogen) atoms. The van der Waals surface area contributed by atoms with Gasteiger partial charge >= 0.3 is 0 Å². The number of thiophene rings is 1. The molecule has 0 amide bonds. The molecule has 106 valence electrons. The Morgan fingerprint density at radius 1 is 1.20 bits per heavy atom. The molecule has 2 nitrogen and oxygen atoms in total. The number of nitrogens with zero attached hydrogens (tertiary/aromatic N) is 1. The van der Waals surface area contributed by atoms with Gasteiger partial charge in [0, 0.05) is 17.0 Å². The molecule has 0 aliphatic carbocycles. The van der Waals surface area contributed by atoms with E-state index >= 15 is 0 Å². The number of carbonyl (C=O) groups is 1. The maximum Gasteiger partial charge on any atom is 0.176 e. The van der Waals surface area contributed by atoms with Crippen LogP contribution in [-0.2, 0) is 6.42 Å². The highest BCUT2D eigenvalue weighted by Gasteiger charge is 2.10. The van der Waals surface area contributed by atoms with Gasteiger partial charge in [-0.3, -0.25) is 9.69 Å². The molecule has 0 spiro atoms. The molecule has 0 saturated carbocycles. The molecule has 1 heterocycles. The van der Waals surface area contributed by atoms with Crippen LogP contribution < -0.4 is 0 Å². The van der Waals surface area contributed by atoms with Crippen molar-refractivity contribution in [3.63, 3.8) is 0 Å². The van der Waals surface area contributed by atoms with Crippen molar-refractivity contribution in [2.45, 2.75) is 20.3 Å². The summed E-state index contributed by atoms with van der Waals surface area (Å²) in [6.07, 6.45) is 1.01. The second-order valence-electron chi connectivity index (χ2n) is 5.29. The van der Waals surface area contributed by atoms with E-state index in [-0.39, 0.29) is 5.78 Å².